The molecule has 0 saturated carbocycles. The summed E-state index contributed by atoms with van der Waals surface area (Å²) in [5.74, 6) is -2.00. The van der Waals surface area contributed by atoms with Crippen LogP contribution in [0.2, 0.25) is 5.02 Å². The van der Waals surface area contributed by atoms with Crippen molar-refractivity contribution in [3.8, 4) is 11.1 Å². The molecule has 4 aromatic rings. The first kappa shape index (κ1) is 22.7. The van der Waals surface area contributed by atoms with Crippen molar-refractivity contribution in [2.75, 3.05) is 5.32 Å². The molecule has 1 aromatic heterocycles. The Hall–Kier alpha value is -3.49. The Balaban J connectivity index is 1.49. The van der Waals surface area contributed by atoms with Crippen LogP contribution in [-0.4, -0.2) is 28.0 Å². The minimum Gasteiger partial charge on any atom is -0.480 e. The van der Waals surface area contributed by atoms with Gasteiger partial charge in [0.15, 0.2) is 5.13 Å². The van der Waals surface area contributed by atoms with Crippen molar-refractivity contribution in [3.05, 3.63) is 77.1 Å². The third-order valence-electron chi connectivity index (χ3n) is 5.05. The van der Waals surface area contributed by atoms with E-state index in [-0.39, 0.29) is 6.42 Å². The predicted octanol–water partition coefficient (Wildman–Crippen LogP) is 6.09. The first-order chi connectivity index (χ1) is 15.8. The van der Waals surface area contributed by atoms with Crippen LogP contribution < -0.4 is 10.6 Å². The zero-order valence-corrected chi connectivity index (χ0v) is 19.0. The molecule has 33 heavy (non-hydrogen) atoms. The first-order valence-corrected chi connectivity index (χ1v) is 11.3. The van der Waals surface area contributed by atoms with Crippen LogP contribution in [0.25, 0.3) is 21.3 Å². The Morgan fingerprint density at radius 1 is 1.09 bits per heavy atom. The van der Waals surface area contributed by atoms with Gasteiger partial charge in [0.05, 0.1) is 15.9 Å². The van der Waals surface area contributed by atoms with E-state index in [0.717, 1.165) is 15.8 Å². The van der Waals surface area contributed by atoms with Crippen LogP contribution >= 0.6 is 22.9 Å². The molecule has 3 aromatic carbocycles. The smallest absolute Gasteiger partial charge is 0.326 e. The molecule has 0 saturated heterocycles. The maximum absolute atomic E-state index is 14.8. The minimum atomic E-state index is -1.08. The number of carbonyl (C=O) groups excluding carboxylic acids is 1. The van der Waals surface area contributed by atoms with E-state index in [4.69, 9.17) is 16.7 Å². The molecule has 1 atom stereocenters. The van der Waals surface area contributed by atoms with Crippen LogP contribution in [0.1, 0.15) is 23.7 Å². The molecule has 0 aliphatic rings. The van der Waals surface area contributed by atoms with E-state index in [1.807, 2.05) is 12.1 Å². The number of aliphatic carboxylic acids is 1. The first-order valence-electron chi connectivity index (χ1n) is 10.1. The van der Waals surface area contributed by atoms with Crippen LogP contribution in [0.4, 0.5) is 15.2 Å². The zero-order valence-electron chi connectivity index (χ0n) is 17.4. The minimum absolute atomic E-state index is 0.281. The Kier molecular flexibility index (Phi) is 6.57. The van der Waals surface area contributed by atoms with Gasteiger partial charge < -0.3 is 15.7 Å². The topological polar surface area (TPSA) is 91.3 Å². The number of halogens is 2. The van der Waals surface area contributed by atoms with E-state index >= 15 is 0 Å². The monoisotopic (exact) mass is 483 g/mol. The van der Waals surface area contributed by atoms with Crippen LogP contribution in [-0.2, 0) is 4.79 Å². The largest absolute Gasteiger partial charge is 0.480 e. The number of thiazole rings is 1. The highest BCUT2D eigenvalue weighted by Gasteiger charge is 2.18. The number of aromatic nitrogens is 1. The van der Waals surface area contributed by atoms with E-state index in [2.05, 4.69) is 15.6 Å². The third-order valence-corrected chi connectivity index (χ3v) is 6.22. The zero-order chi connectivity index (χ0) is 23.5. The molecule has 0 fully saturated rings. The number of nitrogens with zero attached hydrogens (tertiary/aromatic N) is 1. The van der Waals surface area contributed by atoms with Crippen LogP contribution in [0, 0.1) is 5.82 Å². The molecule has 4 rings (SSSR count). The lowest BCUT2D eigenvalue weighted by molar-refractivity contribution is -0.139. The second-order valence-corrected chi connectivity index (χ2v) is 8.77. The molecule has 0 spiro atoms. The number of amides is 1. The van der Waals surface area contributed by atoms with Crippen LogP contribution in [0.15, 0.2) is 60.7 Å². The lowest BCUT2D eigenvalue weighted by Gasteiger charge is -2.12. The fourth-order valence-corrected chi connectivity index (χ4v) is 4.41. The average molecular weight is 484 g/mol. The van der Waals surface area contributed by atoms with E-state index in [1.165, 1.54) is 17.4 Å². The summed E-state index contributed by atoms with van der Waals surface area (Å²) in [6.07, 6.45) is 0.281. The Labute approximate surface area is 198 Å². The van der Waals surface area contributed by atoms with Gasteiger partial charge in [0.25, 0.3) is 5.91 Å². The highest BCUT2D eigenvalue weighted by molar-refractivity contribution is 7.22. The van der Waals surface area contributed by atoms with E-state index in [1.54, 1.807) is 49.4 Å². The number of hydrogen-bond donors (Lipinski definition) is 3. The van der Waals surface area contributed by atoms with Gasteiger partial charge in [-0.15, -0.1) is 0 Å². The van der Waals surface area contributed by atoms with Crippen LogP contribution in [0.5, 0.6) is 0 Å². The number of benzene rings is 3. The number of anilines is 2. The number of fused-ring (bicyclic) bond motifs is 1. The quantitative estimate of drug-likeness (QED) is 0.296. The number of carboxylic acid groups (broad SMARTS) is 1. The molecule has 3 N–H and O–H groups in total. The van der Waals surface area contributed by atoms with Crippen molar-refractivity contribution >= 4 is 55.8 Å². The molecule has 6 nitrogen and oxygen atoms in total. The van der Waals surface area contributed by atoms with Crippen molar-refractivity contribution in [2.24, 2.45) is 0 Å². The van der Waals surface area contributed by atoms with Crippen molar-refractivity contribution in [3.63, 3.8) is 0 Å². The van der Waals surface area contributed by atoms with E-state index in [9.17, 15) is 14.0 Å². The summed E-state index contributed by atoms with van der Waals surface area (Å²) in [4.78, 5) is 27.8. The SMILES string of the molecule is CC[C@H](NC(=O)c1ccc(-c2ccc(Nc3nc4ccc(Cl)cc4s3)c(F)c2)cc1)C(=O)O. The summed E-state index contributed by atoms with van der Waals surface area (Å²) in [6, 6.07) is 15.8. The van der Waals surface area contributed by atoms with Crippen molar-refractivity contribution in [1.29, 1.82) is 0 Å². The van der Waals surface area contributed by atoms with Crippen molar-refractivity contribution < 1.29 is 19.1 Å². The maximum Gasteiger partial charge on any atom is 0.326 e. The molecule has 1 heterocycles. The third kappa shape index (κ3) is 5.13. The van der Waals surface area contributed by atoms with Gasteiger partial charge in [-0.3, -0.25) is 4.79 Å². The van der Waals surface area contributed by atoms with Gasteiger partial charge in [0.2, 0.25) is 0 Å². The van der Waals surface area contributed by atoms with E-state index in [0.29, 0.717) is 27.0 Å². The summed E-state index contributed by atoms with van der Waals surface area (Å²) in [5, 5.41) is 15.7. The van der Waals surface area contributed by atoms with Crippen molar-refractivity contribution in [1.82, 2.24) is 10.3 Å². The van der Waals surface area contributed by atoms with Gasteiger partial charge in [0.1, 0.15) is 11.9 Å². The van der Waals surface area contributed by atoms with Gasteiger partial charge in [0, 0.05) is 10.6 Å². The standard InChI is InChI=1S/C24H19ClFN3O3S/c1-2-18(23(31)32)27-22(30)14-5-3-13(4-6-14)15-7-9-19(17(26)11-15)28-24-29-20-10-8-16(25)12-21(20)33-24/h3-12,18H,2H2,1H3,(H,27,30)(H,28,29)(H,31,32)/t18-/m0/s1. The van der Waals surface area contributed by atoms with E-state index < -0.39 is 23.7 Å². The second kappa shape index (κ2) is 9.56. The lowest BCUT2D eigenvalue weighted by atomic mass is 10.0. The summed E-state index contributed by atoms with van der Waals surface area (Å²) in [6.45, 7) is 1.68. The fourth-order valence-electron chi connectivity index (χ4n) is 3.26. The van der Waals surface area contributed by atoms with Crippen LogP contribution in [0.3, 0.4) is 0 Å². The molecule has 0 unspecified atom stereocenters. The number of rotatable bonds is 7. The van der Waals surface area contributed by atoms with Gasteiger partial charge >= 0.3 is 5.97 Å². The Morgan fingerprint density at radius 3 is 2.48 bits per heavy atom. The molecule has 1 amide bonds. The highest BCUT2D eigenvalue weighted by atomic mass is 35.5. The lowest BCUT2D eigenvalue weighted by Crippen LogP contribution is -2.40. The number of carboxylic acids is 1. The van der Waals surface area contributed by atoms with Gasteiger partial charge in [-0.2, -0.15) is 0 Å². The molecular formula is C24H19ClFN3O3S. The highest BCUT2D eigenvalue weighted by Crippen LogP contribution is 2.32. The molecule has 0 aliphatic heterocycles. The van der Waals surface area contributed by atoms with Gasteiger partial charge in [-0.05, 0) is 60.0 Å². The number of hydrogen-bond acceptors (Lipinski definition) is 5. The second-order valence-electron chi connectivity index (χ2n) is 7.30. The van der Waals surface area contributed by atoms with Crippen molar-refractivity contribution in [2.45, 2.75) is 19.4 Å². The van der Waals surface area contributed by atoms with Gasteiger partial charge in [-0.25, -0.2) is 14.2 Å². The average Bonchev–Trinajstić information content (AvgIpc) is 3.20. The predicted molar refractivity (Wildman–Crippen MR) is 129 cm³/mol. The molecule has 0 bridgehead atoms. The fraction of sp³-hybridized carbons (Fsp3) is 0.125. The molecule has 0 aliphatic carbocycles. The number of nitrogens with one attached hydrogen (secondary N) is 2. The summed E-state index contributed by atoms with van der Waals surface area (Å²) >= 11 is 7.39. The Morgan fingerprint density at radius 2 is 1.82 bits per heavy atom. The summed E-state index contributed by atoms with van der Waals surface area (Å²) in [7, 11) is 0. The molecule has 168 valence electrons. The normalized spacial score (nSPS) is 11.8. The maximum atomic E-state index is 14.8. The summed E-state index contributed by atoms with van der Waals surface area (Å²) in [5.41, 5.74) is 2.75. The molecule has 9 heteroatoms. The number of carbonyl (C=O) groups is 2. The molecular weight excluding hydrogens is 465 g/mol. The summed E-state index contributed by atoms with van der Waals surface area (Å²) < 4.78 is 15.7. The van der Waals surface area contributed by atoms with Gasteiger partial charge in [-0.1, -0.05) is 48.1 Å². The Bertz CT molecular complexity index is 1340. The molecule has 0 radical (unpaired) electrons.